The Bertz CT molecular complexity index is 1060. The summed E-state index contributed by atoms with van der Waals surface area (Å²) in [5, 5.41) is 0.729. The summed E-state index contributed by atoms with van der Waals surface area (Å²) in [6.45, 7) is 4.03. The number of carbonyl (C=O) groups is 1. The SMILES string of the molecule is Cc1ccc([NH+]=C2C=C(c3ccccc3)N(c3ccccc3)C(=O)[C@H](C)S2)cc1. The Morgan fingerprint density at radius 2 is 1.48 bits per heavy atom. The van der Waals surface area contributed by atoms with Crippen molar-refractivity contribution in [3.8, 4) is 0 Å². The van der Waals surface area contributed by atoms with E-state index in [1.165, 1.54) is 5.56 Å². The van der Waals surface area contributed by atoms with Crippen LogP contribution < -0.4 is 9.89 Å². The molecule has 1 heterocycles. The van der Waals surface area contributed by atoms with Crippen LogP contribution >= 0.6 is 11.8 Å². The van der Waals surface area contributed by atoms with E-state index >= 15 is 0 Å². The summed E-state index contributed by atoms with van der Waals surface area (Å²) in [6.07, 6.45) is 2.08. The van der Waals surface area contributed by atoms with Crippen LogP contribution in [0.15, 0.2) is 91.0 Å². The number of para-hydroxylation sites is 1. The van der Waals surface area contributed by atoms with Crippen LogP contribution in [0, 0.1) is 6.92 Å². The van der Waals surface area contributed by atoms with Gasteiger partial charge < -0.3 is 0 Å². The number of nitrogens with one attached hydrogen (secondary N) is 1. The van der Waals surface area contributed by atoms with E-state index in [2.05, 4.69) is 42.3 Å². The van der Waals surface area contributed by atoms with Crippen molar-refractivity contribution in [2.24, 2.45) is 0 Å². The molecule has 0 aliphatic carbocycles. The zero-order chi connectivity index (χ0) is 20.2. The minimum Gasteiger partial charge on any atom is -0.279 e. The average molecular weight is 400 g/mol. The third-order valence-corrected chi connectivity index (χ3v) is 5.81. The number of hydrogen-bond acceptors (Lipinski definition) is 2. The highest BCUT2D eigenvalue weighted by atomic mass is 32.2. The molecule has 29 heavy (non-hydrogen) atoms. The van der Waals surface area contributed by atoms with Crippen LogP contribution in [-0.2, 0) is 4.79 Å². The van der Waals surface area contributed by atoms with Gasteiger partial charge in [0.2, 0.25) is 16.6 Å². The molecule has 0 bridgehead atoms. The Kier molecular flexibility index (Phi) is 5.63. The predicted octanol–water partition coefficient (Wildman–Crippen LogP) is 4.32. The number of benzene rings is 3. The zero-order valence-electron chi connectivity index (χ0n) is 16.5. The summed E-state index contributed by atoms with van der Waals surface area (Å²) in [5.74, 6) is 0.0667. The topological polar surface area (TPSA) is 34.3 Å². The number of thioether (sulfide) groups is 1. The molecule has 0 unspecified atom stereocenters. The molecule has 144 valence electrons. The molecule has 1 N–H and O–H groups in total. The van der Waals surface area contributed by atoms with Gasteiger partial charge in [-0.15, -0.1) is 0 Å². The lowest BCUT2D eigenvalue weighted by atomic mass is 10.1. The molecular weight excluding hydrogens is 376 g/mol. The van der Waals surface area contributed by atoms with Crippen molar-refractivity contribution in [3.05, 3.63) is 102 Å². The van der Waals surface area contributed by atoms with Crippen molar-refractivity contribution in [2.75, 3.05) is 4.90 Å². The van der Waals surface area contributed by atoms with Gasteiger partial charge in [0.1, 0.15) is 0 Å². The summed E-state index contributed by atoms with van der Waals surface area (Å²) in [4.78, 5) is 18.7. The molecule has 3 aromatic carbocycles. The molecule has 0 spiro atoms. The Hall–Kier alpha value is -3.11. The van der Waals surface area contributed by atoms with Crippen molar-refractivity contribution in [2.45, 2.75) is 19.1 Å². The van der Waals surface area contributed by atoms with Crippen molar-refractivity contribution in [1.82, 2.24) is 0 Å². The number of carbonyl (C=O) groups excluding carboxylic acids is 1. The number of anilines is 1. The van der Waals surface area contributed by atoms with Gasteiger partial charge in [-0.3, -0.25) is 9.69 Å². The van der Waals surface area contributed by atoms with Gasteiger partial charge in [0.25, 0.3) is 0 Å². The van der Waals surface area contributed by atoms with Gasteiger partial charge in [0.15, 0.2) is 0 Å². The smallest absolute Gasteiger partial charge is 0.244 e. The fraction of sp³-hybridized carbons (Fsp3) is 0.120. The normalized spacial score (nSPS) is 18.5. The average Bonchev–Trinajstić information content (AvgIpc) is 2.87. The molecule has 3 nitrogen and oxygen atoms in total. The molecule has 1 atom stereocenters. The van der Waals surface area contributed by atoms with Crippen molar-refractivity contribution in [1.29, 1.82) is 0 Å². The first-order valence-corrected chi connectivity index (χ1v) is 10.5. The van der Waals surface area contributed by atoms with Crippen LogP contribution in [0.3, 0.4) is 0 Å². The van der Waals surface area contributed by atoms with Crippen molar-refractivity contribution in [3.63, 3.8) is 0 Å². The maximum atomic E-state index is 13.4. The van der Waals surface area contributed by atoms with E-state index in [0.717, 1.165) is 27.7 Å². The molecule has 0 saturated carbocycles. The summed E-state index contributed by atoms with van der Waals surface area (Å²) in [5.41, 5.74) is 4.97. The first kappa shape index (κ1) is 19.2. The zero-order valence-corrected chi connectivity index (χ0v) is 17.3. The highest BCUT2D eigenvalue weighted by Crippen LogP contribution is 2.32. The van der Waals surface area contributed by atoms with E-state index in [9.17, 15) is 4.79 Å². The molecule has 4 rings (SSSR count). The van der Waals surface area contributed by atoms with Gasteiger partial charge in [0, 0.05) is 23.9 Å². The number of amides is 1. The minimum absolute atomic E-state index is 0.0667. The first-order chi connectivity index (χ1) is 14.1. The van der Waals surface area contributed by atoms with Crippen molar-refractivity contribution < 1.29 is 9.79 Å². The molecule has 1 aliphatic heterocycles. The number of aryl methyl sites for hydroxylation is 1. The van der Waals surface area contributed by atoms with Gasteiger partial charge in [-0.25, -0.2) is 0 Å². The Labute approximate surface area is 175 Å². The van der Waals surface area contributed by atoms with Gasteiger partial charge in [-0.1, -0.05) is 66.2 Å². The van der Waals surface area contributed by atoms with Crippen LogP contribution in [-0.4, -0.2) is 16.2 Å². The van der Waals surface area contributed by atoms with Crippen LogP contribution in [0.4, 0.5) is 11.4 Å². The molecule has 1 amide bonds. The van der Waals surface area contributed by atoms with E-state index in [4.69, 9.17) is 0 Å². The fourth-order valence-electron chi connectivity index (χ4n) is 3.27. The standard InChI is InChI=1S/C25H22N2OS/c1-18-13-15-21(16-14-18)26-24-17-23(20-9-5-3-6-10-20)27(25(28)19(2)29-24)22-11-7-4-8-12-22/h3-17,19H,1-2H3/p+1/t19-/m0/s1. The van der Waals surface area contributed by atoms with E-state index in [-0.39, 0.29) is 11.2 Å². The van der Waals surface area contributed by atoms with Crippen molar-refractivity contribution >= 4 is 39.8 Å². The Morgan fingerprint density at radius 3 is 2.14 bits per heavy atom. The molecule has 0 radical (unpaired) electrons. The fourth-order valence-corrected chi connectivity index (χ4v) is 4.22. The molecule has 4 heteroatoms. The van der Waals surface area contributed by atoms with E-state index < -0.39 is 0 Å². The quantitative estimate of drug-likeness (QED) is 0.712. The Balaban J connectivity index is 1.87. The number of rotatable bonds is 3. The molecule has 3 aromatic rings. The van der Waals surface area contributed by atoms with Crippen LogP contribution in [0.25, 0.3) is 5.70 Å². The van der Waals surface area contributed by atoms with Gasteiger partial charge in [-0.2, -0.15) is 4.99 Å². The van der Waals surface area contributed by atoms with E-state index in [1.54, 1.807) is 11.8 Å². The highest BCUT2D eigenvalue weighted by molar-refractivity contribution is 8.15. The van der Waals surface area contributed by atoms with Crippen LogP contribution in [0.1, 0.15) is 18.1 Å². The number of nitrogens with zero attached hydrogens (tertiary/aromatic N) is 1. The largest absolute Gasteiger partial charge is 0.279 e. The lowest BCUT2D eigenvalue weighted by Gasteiger charge is -2.25. The van der Waals surface area contributed by atoms with Gasteiger partial charge in [-0.05, 0) is 43.3 Å². The monoisotopic (exact) mass is 399 g/mol. The molecule has 0 fully saturated rings. The summed E-state index contributed by atoms with van der Waals surface area (Å²) in [6, 6.07) is 28.2. The van der Waals surface area contributed by atoms with Gasteiger partial charge in [0.05, 0.1) is 10.9 Å². The van der Waals surface area contributed by atoms with Crippen LogP contribution in [0.5, 0.6) is 0 Å². The maximum Gasteiger partial charge on any atom is 0.244 e. The van der Waals surface area contributed by atoms with Gasteiger partial charge >= 0.3 is 0 Å². The first-order valence-electron chi connectivity index (χ1n) is 9.65. The summed E-state index contributed by atoms with van der Waals surface area (Å²) < 4.78 is 0. The molecular formula is C25H23N2OS+. The lowest BCUT2D eigenvalue weighted by Crippen LogP contribution is -2.65. The third kappa shape index (κ3) is 4.33. The number of hydrogen-bond donors (Lipinski definition) is 1. The second-order valence-corrected chi connectivity index (χ2v) is 8.40. The molecule has 0 aromatic heterocycles. The molecule has 0 saturated heterocycles. The summed E-state index contributed by atoms with van der Waals surface area (Å²) >= 11 is 1.55. The second kappa shape index (κ2) is 8.50. The maximum absolute atomic E-state index is 13.4. The Morgan fingerprint density at radius 1 is 0.862 bits per heavy atom. The lowest BCUT2D eigenvalue weighted by molar-refractivity contribution is -0.348. The summed E-state index contributed by atoms with van der Waals surface area (Å²) in [7, 11) is 0. The van der Waals surface area contributed by atoms with Crippen LogP contribution in [0.2, 0.25) is 0 Å². The third-order valence-electron chi connectivity index (χ3n) is 4.78. The van der Waals surface area contributed by atoms with E-state index in [1.807, 2.05) is 72.5 Å². The second-order valence-electron chi connectivity index (χ2n) is 7.02. The highest BCUT2D eigenvalue weighted by Gasteiger charge is 2.32. The minimum atomic E-state index is -0.222. The van der Waals surface area contributed by atoms with E-state index in [0.29, 0.717) is 0 Å². The molecule has 1 aliphatic rings. The predicted molar refractivity (Wildman–Crippen MR) is 122 cm³/mol.